The zero-order valence-electron chi connectivity index (χ0n) is 27.7. The van der Waals surface area contributed by atoms with E-state index in [0.29, 0.717) is 0 Å². The molecule has 0 unspecified atom stereocenters. The monoisotopic (exact) mass is 641 g/mol. The van der Waals surface area contributed by atoms with Crippen LogP contribution in [0.2, 0.25) is 0 Å². The summed E-state index contributed by atoms with van der Waals surface area (Å²) in [6.45, 7) is 0. The zero-order valence-corrected chi connectivity index (χ0v) is 27.7. The third-order valence-electron chi connectivity index (χ3n) is 9.78. The molecule has 0 amide bonds. The Morgan fingerprint density at radius 3 is 1.66 bits per heavy atom. The van der Waals surface area contributed by atoms with Gasteiger partial charge in [0, 0.05) is 33.4 Å². The highest BCUT2D eigenvalue weighted by Gasteiger charge is 2.20. The summed E-state index contributed by atoms with van der Waals surface area (Å²) in [6, 6.07) is 60.7. The van der Waals surface area contributed by atoms with Crippen LogP contribution in [-0.4, -0.2) is 0 Å². The van der Waals surface area contributed by atoms with Crippen LogP contribution in [0.15, 0.2) is 193 Å². The molecule has 2 nitrogen and oxygen atoms in total. The average Bonchev–Trinajstić information content (AvgIpc) is 3.59. The van der Waals surface area contributed by atoms with Crippen LogP contribution < -0.4 is 4.90 Å². The fourth-order valence-electron chi connectivity index (χ4n) is 7.27. The summed E-state index contributed by atoms with van der Waals surface area (Å²) in [5, 5.41) is 2.29. The molecule has 2 heteroatoms. The van der Waals surface area contributed by atoms with Crippen molar-refractivity contribution in [2.45, 2.75) is 12.8 Å². The number of allylic oxidation sites excluding steroid dienone is 4. The minimum atomic E-state index is 0.914. The fourth-order valence-corrected chi connectivity index (χ4v) is 7.27. The van der Waals surface area contributed by atoms with E-state index in [2.05, 4.69) is 187 Å². The van der Waals surface area contributed by atoms with Crippen LogP contribution >= 0.6 is 0 Å². The van der Waals surface area contributed by atoms with Crippen molar-refractivity contribution >= 4 is 44.6 Å². The Balaban J connectivity index is 1.21. The van der Waals surface area contributed by atoms with Crippen LogP contribution in [0.5, 0.6) is 0 Å². The molecule has 0 saturated carbocycles. The Labute approximate surface area is 292 Å². The highest BCUT2D eigenvalue weighted by atomic mass is 16.3. The molecule has 7 aromatic carbocycles. The molecule has 0 bridgehead atoms. The van der Waals surface area contributed by atoms with Crippen molar-refractivity contribution in [3.05, 3.63) is 194 Å². The summed E-state index contributed by atoms with van der Waals surface area (Å²) in [5.74, 6) is 0. The quantitative estimate of drug-likeness (QED) is 0.172. The van der Waals surface area contributed by atoms with Gasteiger partial charge >= 0.3 is 0 Å². The minimum Gasteiger partial charge on any atom is -0.455 e. The molecule has 0 spiro atoms. The molecule has 1 aliphatic rings. The minimum absolute atomic E-state index is 0.914. The Bertz CT molecular complexity index is 2420. The second-order valence-corrected chi connectivity index (χ2v) is 12.8. The maximum Gasteiger partial charge on any atom is 0.143 e. The van der Waals surface area contributed by atoms with E-state index in [9.17, 15) is 0 Å². The van der Waals surface area contributed by atoms with Gasteiger partial charge in [0.1, 0.15) is 11.2 Å². The first kappa shape index (κ1) is 29.7. The van der Waals surface area contributed by atoms with Gasteiger partial charge in [-0.3, -0.25) is 0 Å². The van der Waals surface area contributed by atoms with E-state index in [0.717, 1.165) is 57.4 Å². The summed E-state index contributed by atoms with van der Waals surface area (Å²) in [5.41, 5.74) is 14.8. The first-order chi connectivity index (χ1) is 24.8. The first-order valence-electron chi connectivity index (χ1n) is 17.3. The highest BCUT2D eigenvalue weighted by Crippen LogP contribution is 2.44. The molecule has 0 saturated heterocycles. The largest absolute Gasteiger partial charge is 0.455 e. The second kappa shape index (κ2) is 12.9. The summed E-state index contributed by atoms with van der Waals surface area (Å²) < 4.78 is 6.55. The molecule has 0 atom stereocenters. The van der Waals surface area contributed by atoms with Gasteiger partial charge in [-0.1, -0.05) is 146 Å². The van der Waals surface area contributed by atoms with Crippen LogP contribution in [0.1, 0.15) is 18.4 Å². The molecule has 0 radical (unpaired) electrons. The molecule has 1 aliphatic carbocycles. The molecular formula is C48H35NO. The molecule has 0 N–H and O–H groups in total. The summed E-state index contributed by atoms with van der Waals surface area (Å²) in [4.78, 5) is 2.37. The maximum atomic E-state index is 6.55. The lowest BCUT2D eigenvalue weighted by atomic mass is 9.89. The summed E-state index contributed by atoms with van der Waals surface area (Å²) >= 11 is 0. The van der Waals surface area contributed by atoms with Gasteiger partial charge in [-0.25, -0.2) is 0 Å². The first-order valence-corrected chi connectivity index (χ1v) is 17.3. The van der Waals surface area contributed by atoms with E-state index in [4.69, 9.17) is 4.42 Å². The zero-order chi connectivity index (χ0) is 33.3. The molecule has 9 rings (SSSR count). The molecule has 0 aliphatic heterocycles. The highest BCUT2D eigenvalue weighted by molar-refractivity contribution is 6.10. The van der Waals surface area contributed by atoms with Gasteiger partial charge < -0.3 is 9.32 Å². The Hall–Kier alpha value is -6.38. The van der Waals surface area contributed by atoms with Gasteiger partial charge in [-0.15, -0.1) is 0 Å². The smallest absolute Gasteiger partial charge is 0.143 e. The van der Waals surface area contributed by atoms with Crippen molar-refractivity contribution in [2.75, 3.05) is 4.90 Å². The van der Waals surface area contributed by atoms with Crippen molar-refractivity contribution in [1.82, 2.24) is 0 Å². The van der Waals surface area contributed by atoms with Crippen molar-refractivity contribution in [3.63, 3.8) is 0 Å². The molecule has 0 fully saturated rings. The second-order valence-electron chi connectivity index (χ2n) is 12.8. The normalized spacial score (nSPS) is 12.7. The molecule has 8 aromatic rings. The lowest BCUT2D eigenvalue weighted by Crippen LogP contribution is -2.10. The summed E-state index contributed by atoms with van der Waals surface area (Å²) in [6.07, 6.45) is 8.73. The number of furan rings is 1. The Kier molecular flexibility index (Phi) is 7.68. The van der Waals surface area contributed by atoms with E-state index < -0.39 is 0 Å². The molecule has 50 heavy (non-hydrogen) atoms. The topological polar surface area (TPSA) is 16.4 Å². The molecule has 238 valence electrons. The lowest BCUT2D eigenvalue weighted by molar-refractivity contribution is 0.670. The van der Waals surface area contributed by atoms with E-state index >= 15 is 0 Å². The predicted molar refractivity (Wildman–Crippen MR) is 211 cm³/mol. The Morgan fingerprint density at radius 2 is 1.02 bits per heavy atom. The van der Waals surface area contributed by atoms with Crippen molar-refractivity contribution < 1.29 is 4.42 Å². The summed E-state index contributed by atoms with van der Waals surface area (Å²) in [7, 11) is 0. The van der Waals surface area contributed by atoms with Crippen LogP contribution in [0.4, 0.5) is 17.1 Å². The predicted octanol–water partition coefficient (Wildman–Crippen LogP) is 13.8. The third kappa shape index (κ3) is 5.51. The fraction of sp³-hybridized carbons (Fsp3) is 0.0417. The number of hydrogen-bond donors (Lipinski definition) is 0. The number of fused-ring (bicyclic) bond motifs is 3. The van der Waals surface area contributed by atoms with Gasteiger partial charge in [0.2, 0.25) is 0 Å². The van der Waals surface area contributed by atoms with Crippen molar-refractivity contribution in [1.29, 1.82) is 0 Å². The average molecular weight is 642 g/mol. The Morgan fingerprint density at radius 1 is 0.440 bits per heavy atom. The number of rotatable bonds is 7. The van der Waals surface area contributed by atoms with Gasteiger partial charge in [0.15, 0.2) is 0 Å². The van der Waals surface area contributed by atoms with Gasteiger partial charge in [-0.05, 0) is 94.3 Å². The number of benzene rings is 7. The van der Waals surface area contributed by atoms with Crippen molar-refractivity contribution in [2.24, 2.45) is 0 Å². The van der Waals surface area contributed by atoms with Gasteiger partial charge in [0.25, 0.3) is 0 Å². The van der Waals surface area contributed by atoms with Crippen LogP contribution in [0.25, 0.3) is 60.9 Å². The molecule has 1 aromatic heterocycles. The van der Waals surface area contributed by atoms with Gasteiger partial charge in [-0.2, -0.15) is 0 Å². The number of nitrogens with zero attached hydrogens (tertiary/aromatic N) is 1. The van der Waals surface area contributed by atoms with E-state index in [1.165, 1.54) is 39.0 Å². The van der Waals surface area contributed by atoms with Crippen LogP contribution in [0, 0.1) is 0 Å². The number of anilines is 3. The molecular weight excluding hydrogens is 607 g/mol. The van der Waals surface area contributed by atoms with Crippen molar-refractivity contribution in [3.8, 4) is 33.4 Å². The van der Waals surface area contributed by atoms with Gasteiger partial charge in [0.05, 0.1) is 0 Å². The van der Waals surface area contributed by atoms with E-state index in [1.807, 2.05) is 6.07 Å². The third-order valence-corrected chi connectivity index (χ3v) is 9.78. The SMILES string of the molecule is C1=CCCC(c2cc(N(c3ccc(-c4ccccc4)cc3)c3ccc(-c4ccccc4)cc3)ccc2-c2cccc3c2oc2ccccc23)=C1. The standard InChI is InChI=1S/C48H35NO/c1-4-13-34(14-5-1)36-23-27-39(28-24-36)49(40-29-25-37(26-30-40)35-15-6-2-7-16-35)41-31-32-42(46(33-41)38-17-8-3-9-18-38)44-20-12-21-45-43-19-10-11-22-47(43)50-48(44)45/h1-8,10-17,19-33H,9,18H2. The van der Waals surface area contributed by atoms with Crippen LogP contribution in [-0.2, 0) is 0 Å². The lowest BCUT2D eigenvalue weighted by Gasteiger charge is -2.27. The number of para-hydroxylation sites is 2. The molecule has 1 heterocycles. The van der Waals surface area contributed by atoms with E-state index in [-0.39, 0.29) is 0 Å². The number of hydrogen-bond acceptors (Lipinski definition) is 2. The van der Waals surface area contributed by atoms with Crippen LogP contribution in [0.3, 0.4) is 0 Å². The van der Waals surface area contributed by atoms with E-state index in [1.54, 1.807) is 0 Å². The maximum absolute atomic E-state index is 6.55.